The molecule has 0 saturated heterocycles. The average molecular weight is 834 g/mol. The molecule has 3 atom stereocenters. The lowest BCUT2D eigenvalue weighted by molar-refractivity contribution is -0.124. The number of amides is 1. The van der Waals surface area contributed by atoms with Gasteiger partial charge in [-0.05, 0) is 38.5 Å². The zero-order chi connectivity index (χ0) is 43.0. The summed E-state index contributed by atoms with van der Waals surface area (Å²) in [5.74, 6) is -0.144. The third-order valence-electron chi connectivity index (χ3n) is 12.9. The molecule has 0 heterocycles. The molecule has 0 spiro atoms. The first-order valence-corrected chi connectivity index (χ1v) is 27.0. The molecular weight excluding hydrogens is 727 g/mol. The van der Waals surface area contributed by atoms with Crippen LogP contribution in [0, 0.1) is 0 Å². The van der Waals surface area contributed by atoms with Crippen molar-refractivity contribution in [2.45, 2.75) is 321 Å². The lowest BCUT2D eigenvalue weighted by Crippen LogP contribution is -2.50. The molecule has 1 amide bonds. The lowest BCUT2D eigenvalue weighted by Gasteiger charge is -2.26. The number of carbonyl (C=O) groups excluding carboxylic acids is 1. The Morgan fingerprint density at radius 2 is 0.678 bits per heavy atom. The second-order valence-electron chi connectivity index (χ2n) is 18.8. The molecule has 5 nitrogen and oxygen atoms in total. The number of aliphatic hydroxyl groups excluding tert-OH is 3. The summed E-state index contributed by atoms with van der Waals surface area (Å²) in [7, 11) is 0. The Hall–Kier alpha value is -0.910. The van der Waals surface area contributed by atoms with Gasteiger partial charge in [-0.3, -0.25) is 4.79 Å². The van der Waals surface area contributed by atoms with Crippen LogP contribution in [0.1, 0.15) is 303 Å². The van der Waals surface area contributed by atoms with E-state index in [1.54, 1.807) is 0 Å². The van der Waals surface area contributed by atoms with Gasteiger partial charge in [-0.25, -0.2) is 0 Å². The Labute approximate surface area is 369 Å². The van der Waals surface area contributed by atoms with Crippen molar-refractivity contribution < 1.29 is 20.1 Å². The number of aliphatic hydroxyl groups is 3. The molecule has 0 aliphatic carbocycles. The normalized spacial score (nSPS) is 13.4. The summed E-state index contributed by atoms with van der Waals surface area (Å²) in [4.78, 5) is 12.5. The fourth-order valence-corrected chi connectivity index (χ4v) is 8.69. The van der Waals surface area contributed by atoms with Gasteiger partial charge in [-0.15, -0.1) is 0 Å². The van der Waals surface area contributed by atoms with Crippen LogP contribution in [0.25, 0.3) is 0 Å². The predicted octanol–water partition coefficient (Wildman–Crippen LogP) is 16.3. The highest BCUT2D eigenvalue weighted by molar-refractivity contribution is 5.76. The van der Waals surface area contributed by atoms with E-state index >= 15 is 0 Å². The van der Waals surface area contributed by atoms with Gasteiger partial charge >= 0.3 is 0 Å². The number of hydrogen-bond donors (Lipinski definition) is 4. The highest BCUT2D eigenvalue weighted by Crippen LogP contribution is 2.18. The number of allylic oxidation sites excluding steroid dienone is 2. The number of nitrogens with one attached hydrogen (secondary N) is 1. The molecular formula is C54H107NO4. The standard InChI is InChI=1S/C54H107NO4/c1-3-5-7-9-11-13-15-17-19-21-23-25-26-27-29-30-32-34-36-38-40-42-44-46-48-52(57)54(59)51(50-56)55-53(58)49-47-45-43-41-39-37-35-33-31-28-24-22-20-18-16-14-12-10-8-6-4-2/h28,31,51-52,54,56-57,59H,3-27,29-30,32-50H2,1-2H3,(H,55,58)/b31-28-. The van der Waals surface area contributed by atoms with Crippen LogP contribution in [0.2, 0.25) is 0 Å². The van der Waals surface area contributed by atoms with Gasteiger partial charge in [0.15, 0.2) is 0 Å². The van der Waals surface area contributed by atoms with Gasteiger partial charge in [-0.1, -0.05) is 270 Å². The molecule has 352 valence electrons. The monoisotopic (exact) mass is 834 g/mol. The summed E-state index contributed by atoms with van der Waals surface area (Å²) in [5, 5.41) is 33.8. The minimum atomic E-state index is -1.14. The molecule has 0 saturated carbocycles. The van der Waals surface area contributed by atoms with Crippen molar-refractivity contribution in [2.75, 3.05) is 6.61 Å². The van der Waals surface area contributed by atoms with E-state index in [1.807, 2.05) is 0 Å². The Morgan fingerprint density at radius 1 is 0.407 bits per heavy atom. The molecule has 4 N–H and O–H groups in total. The van der Waals surface area contributed by atoms with Gasteiger partial charge in [0.1, 0.15) is 6.10 Å². The van der Waals surface area contributed by atoms with Crippen LogP contribution in [0.4, 0.5) is 0 Å². The van der Waals surface area contributed by atoms with Crippen molar-refractivity contribution >= 4 is 5.91 Å². The van der Waals surface area contributed by atoms with Crippen LogP contribution in [-0.2, 0) is 4.79 Å². The SMILES string of the molecule is CCCCCCCCCCCC/C=C\CCCCCCCCCC(=O)NC(CO)C(O)C(O)CCCCCCCCCCCCCCCCCCCCCCCCCC. The van der Waals surface area contributed by atoms with Gasteiger partial charge in [0, 0.05) is 6.42 Å². The van der Waals surface area contributed by atoms with Gasteiger partial charge in [0.25, 0.3) is 0 Å². The first-order valence-electron chi connectivity index (χ1n) is 27.0. The van der Waals surface area contributed by atoms with E-state index < -0.39 is 18.2 Å². The van der Waals surface area contributed by atoms with E-state index in [0.29, 0.717) is 12.8 Å². The maximum atomic E-state index is 12.5. The van der Waals surface area contributed by atoms with Crippen LogP contribution in [0.3, 0.4) is 0 Å². The van der Waals surface area contributed by atoms with Gasteiger partial charge in [0.05, 0.1) is 18.8 Å². The number of unbranched alkanes of at least 4 members (excludes halogenated alkanes) is 40. The fraction of sp³-hybridized carbons (Fsp3) is 0.944. The fourth-order valence-electron chi connectivity index (χ4n) is 8.69. The van der Waals surface area contributed by atoms with Crippen LogP contribution in [-0.4, -0.2) is 46.1 Å². The third-order valence-corrected chi connectivity index (χ3v) is 12.9. The van der Waals surface area contributed by atoms with Crippen LogP contribution >= 0.6 is 0 Å². The molecule has 0 aromatic carbocycles. The summed E-state index contributed by atoms with van der Waals surface area (Å²) < 4.78 is 0. The summed E-state index contributed by atoms with van der Waals surface area (Å²) in [6.07, 6.45) is 60.7. The van der Waals surface area contributed by atoms with Crippen molar-refractivity contribution in [3.8, 4) is 0 Å². The van der Waals surface area contributed by atoms with Crippen molar-refractivity contribution in [3.63, 3.8) is 0 Å². The van der Waals surface area contributed by atoms with E-state index in [4.69, 9.17) is 0 Å². The maximum absolute atomic E-state index is 12.5. The molecule has 0 aliphatic heterocycles. The molecule has 0 aromatic rings. The van der Waals surface area contributed by atoms with E-state index in [2.05, 4.69) is 31.3 Å². The second kappa shape index (κ2) is 49.7. The van der Waals surface area contributed by atoms with Crippen LogP contribution < -0.4 is 5.32 Å². The Kier molecular flexibility index (Phi) is 49.0. The summed E-state index contributed by atoms with van der Waals surface area (Å²) in [5.41, 5.74) is 0. The average Bonchev–Trinajstić information content (AvgIpc) is 3.24. The minimum absolute atomic E-state index is 0.144. The third kappa shape index (κ3) is 44.9. The summed E-state index contributed by atoms with van der Waals surface area (Å²) >= 11 is 0. The number of rotatable bonds is 50. The first-order chi connectivity index (χ1) is 29.1. The zero-order valence-electron chi connectivity index (χ0n) is 40.2. The van der Waals surface area contributed by atoms with Crippen LogP contribution in [0.15, 0.2) is 12.2 Å². The Morgan fingerprint density at radius 3 is 0.983 bits per heavy atom. The first kappa shape index (κ1) is 58.1. The van der Waals surface area contributed by atoms with E-state index in [1.165, 1.54) is 244 Å². The van der Waals surface area contributed by atoms with Crippen molar-refractivity contribution in [1.29, 1.82) is 0 Å². The van der Waals surface area contributed by atoms with Gasteiger partial charge < -0.3 is 20.6 Å². The molecule has 59 heavy (non-hydrogen) atoms. The summed E-state index contributed by atoms with van der Waals surface area (Å²) in [6, 6.07) is -0.809. The Balaban J connectivity index is 3.54. The van der Waals surface area contributed by atoms with Crippen molar-refractivity contribution in [3.05, 3.63) is 12.2 Å². The smallest absolute Gasteiger partial charge is 0.220 e. The molecule has 0 aliphatic rings. The minimum Gasteiger partial charge on any atom is -0.394 e. The largest absolute Gasteiger partial charge is 0.394 e. The Bertz CT molecular complexity index is 833. The van der Waals surface area contributed by atoms with Crippen molar-refractivity contribution in [1.82, 2.24) is 5.32 Å². The van der Waals surface area contributed by atoms with E-state index in [9.17, 15) is 20.1 Å². The molecule has 5 heteroatoms. The topological polar surface area (TPSA) is 89.8 Å². The molecule has 0 aromatic heterocycles. The highest BCUT2D eigenvalue weighted by atomic mass is 16.3. The molecule has 0 rings (SSSR count). The maximum Gasteiger partial charge on any atom is 0.220 e. The second-order valence-corrected chi connectivity index (χ2v) is 18.8. The quantitative estimate of drug-likeness (QED) is 0.0363. The van der Waals surface area contributed by atoms with Crippen LogP contribution in [0.5, 0.6) is 0 Å². The van der Waals surface area contributed by atoms with E-state index in [-0.39, 0.29) is 12.5 Å². The molecule has 0 fully saturated rings. The number of hydrogen-bond acceptors (Lipinski definition) is 4. The molecule has 3 unspecified atom stereocenters. The van der Waals surface area contributed by atoms with Crippen molar-refractivity contribution in [2.24, 2.45) is 0 Å². The van der Waals surface area contributed by atoms with Gasteiger partial charge in [-0.2, -0.15) is 0 Å². The molecule has 0 bridgehead atoms. The zero-order valence-corrected chi connectivity index (χ0v) is 40.2. The molecule has 0 radical (unpaired) electrons. The van der Waals surface area contributed by atoms with Gasteiger partial charge in [0.2, 0.25) is 5.91 Å². The predicted molar refractivity (Wildman–Crippen MR) is 259 cm³/mol. The van der Waals surface area contributed by atoms with E-state index in [0.717, 1.165) is 32.1 Å². The highest BCUT2D eigenvalue weighted by Gasteiger charge is 2.26. The number of carbonyl (C=O) groups is 1. The lowest BCUT2D eigenvalue weighted by atomic mass is 9.99. The summed E-state index contributed by atoms with van der Waals surface area (Å²) in [6.45, 7) is 4.21.